The molecule has 0 atom stereocenters. The predicted octanol–water partition coefficient (Wildman–Crippen LogP) is 4.24. The highest BCUT2D eigenvalue weighted by molar-refractivity contribution is 9.10. The van der Waals surface area contributed by atoms with Gasteiger partial charge in [-0.3, -0.25) is 0 Å². The van der Waals surface area contributed by atoms with Gasteiger partial charge in [-0.1, -0.05) is 11.6 Å². The molecule has 0 spiro atoms. The molecule has 0 aliphatic rings. The molecule has 0 fully saturated rings. The summed E-state index contributed by atoms with van der Waals surface area (Å²) in [6.07, 6.45) is -3.28. The third-order valence-corrected chi connectivity index (χ3v) is 3.43. The molecular weight excluding hydrogens is 360 g/mol. The molecule has 0 radical (unpaired) electrons. The lowest BCUT2D eigenvalue weighted by atomic mass is 10.2. The van der Waals surface area contributed by atoms with E-state index >= 15 is 0 Å². The van der Waals surface area contributed by atoms with Gasteiger partial charge in [-0.05, 0) is 34.1 Å². The standard InChI is InChI=1S/C11H7BrClF3N4/c12-6-2-1-5(11(14,15)16)3-7(6)20-10-8(13)9(17)18-4-19-10/h1-4H,(H3,17,18,19,20). The van der Waals surface area contributed by atoms with Crippen LogP contribution in [0.4, 0.5) is 30.5 Å². The molecule has 0 aliphatic carbocycles. The van der Waals surface area contributed by atoms with Crippen molar-refractivity contribution >= 4 is 44.9 Å². The van der Waals surface area contributed by atoms with E-state index in [0.29, 0.717) is 4.47 Å². The molecule has 2 rings (SSSR count). The number of anilines is 3. The number of benzene rings is 1. The zero-order valence-corrected chi connectivity index (χ0v) is 12.0. The number of rotatable bonds is 2. The van der Waals surface area contributed by atoms with E-state index in [1.807, 2.05) is 0 Å². The highest BCUT2D eigenvalue weighted by Gasteiger charge is 2.31. The van der Waals surface area contributed by atoms with Gasteiger partial charge in [0.05, 0.1) is 11.3 Å². The summed E-state index contributed by atoms with van der Waals surface area (Å²) in [5, 5.41) is 2.72. The third-order valence-electron chi connectivity index (χ3n) is 2.36. The van der Waals surface area contributed by atoms with Crippen LogP contribution in [-0.4, -0.2) is 9.97 Å². The second kappa shape index (κ2) is 5.45. The molecule has 0 saturated heterocycles. The number of aromatic nitrogens is 2. The fourth-order valence-corrected chi connectivity index (χ4v) is 1.89. The second-order valence-corrected chi connectivity index (χ2v) is 4.97. The van der Waals surface area contributed by atoms with Crippen LogP contribution in [0.25, 0.3) is 0 Å². The van der Waals surface area contributed by atoms with Crippen molar-refractivity contribution in [3.8, 4) is 0 Å². The normalized spacial score (nSPS) is 11.4. The summed E-state index contributed by atoms with van der Waals surface area (Å²) in [6, 6.07) is 3.19. The van der Waals surface area contributed by atoms with Gasteiger partial charge in [0.1, 0.15) is 17.2 Å². The molecule has 1 aromatic heterocycles. The molecule has 0 aliphatic heterocycles. The second-order valence-electron chi connectivity index (χ2n) is 3.74. The van der Waals surface area contributed by atoms with E-state index in [1.54, 1.807) is 0 Å². The molecular formula is C11H7BrClF3N4. The number of hydrogen-bond acceptors (Lipinski definition) is 4. The van der Waals surface area contributed by atoms with E-state index in [-0.39, 0.29) is 22.3 Å². The van der Waals surface area contributed by atoms with Crippen molar-refractivity contribution in [2.45, 2.75) is 6.18 Å². The average molecular weight is 368 g/mol. The van der Waals surface area contributed by atoms with Gasteiger partial charge in [0.25, 0.3) is 0 Å². The molecule has 106 valence electrons. The summed E-state index contributed by atoms with van der Waals surface area (Å²) >= 11 is 9.03. The van der Waals surface area contributed by atoms with E-state index in [9.17, 15) is 13.2 Å². The Balaban J connectivity index is 2.41. The highest BCUT2D eigenvalue weighted by atomic mass is 79.9. The van der Waals surface area contributed by atoms with E-state index in [0.717, 1.165) is 18.5 Å². The quantitative estimate of drug-likeness (QED) is 0.833. The fraction of sp³-hybridized carbons (Fsp3) is 0.0909. The number of nitrogens with two attached hydrogens (primary N) is 1. The van der Waals surface area contributed by atoms with E-state index < -0.39 is 11.7 Å². The van der Waals surface area contributed by atoms with Crippen molar-refractivity contribution in [3.05, 3.63) is 39.6 Å². The summed E-state index contributed by atoms with van der Waals surface area (Å²) in [6.45, 7) is 0. The minimum absolute atomic E-state index is 0.0345. The Morgan fingerprint density at radius 2 is 1.95 bits per heavy atom. The maximum atomic E-state index is 12.7. The number of hydrogen-bond donors (Lipinski definition) is 2. The lowest BCUT2D eigenvalue weighted by Crippen LogP contribution is -2.06. The number of nitrogen functional groups attached to an aromatic ring is 1. The molecule has 0 saturated carbocycles. The molecule has 9 heteroatoms. The summed E-state index contributed by atoms with van der Waals surface area (Å²) in [7, 11) is 0. The van der Waals surface area contributed by atoms with Gasteiger partial charge in [0.15, 0.2) is 5.82 Å². The Hall–Kier alpha value is -1.54. The maximum absolute atomic E-state index is 12.7. The summed E-state index contributed by atoms with van der Waals surface area (Å²) < 4.78 is 38.4. The Bertz CT molecular complexity index is 648. The minimum Gasteiger partial charge on any atom is -0.382 e. The van der Waals surface area contributed by atoms with Crippen LogP contribution in [0.3, 0.4) is 0 Å². The minimum atomic E-state index is -4.44. The average Bonchev–Trinajstić information content (AvgIpc) is 2.36. The van der Waals surface area contributed by atoms with Crippen molar-refractivity contribution in [3.63, 3.8) is 0 Å². The van der Waals surface area contributed by atoms with Crippen LogP contribution < -0.4 is 11.1 Å². The van der Waals surface area contributed by atoms with Gasteiger partial charge in [0, 0.05) is 4.47 Å². The molecule has 0 bridgehead atoms. The zero-order chi connectivity index (χ0) is 14.9. The first-order chi connectivity index (χ1) is 9.29. The van der Waals surface area contributed by atoms with Gasteiger partial charge >= 0.3 is 6.18 Å². The zero-order valence-electron chi connectivity index (χ0n) is 9.67. The van der Waals surface area contributed by atoms with E-state index in [4.69, 9.17) is 17.3 Å². The topological polar surface area (TPSA) is 63.8 Å². The summed E-state index contributed by atoms with van der Waals surface area (Å²) in [5.41, 5.74) is 4.87. The molecule has 1 heterocycles. The largest absolute Gasteiger partial charge is 0.416 e. The number of halogens is 5. The van der Waals surface area contributed by atoms with Gasteiger partial charge in [-0.25, -0.2) is 9.97 Å². The fourth-order valence-electron chi connectivity index (χ4n) is 1.40. The molecule has 20 heavy (non-hydrogen) atoms. The third kappa shape index (κ3) is 3.13. The molecule has 0 unspecified atom stereocenters. The van der Waals surface area contributed by atoms with E-state index in [2.05, 4.69) is 31.2 Å². The Morgan fingerprint density at radius 1 is 1.25 bits per heavy atom. The Kier molecular flexibility index (Phi) is 4.05. The maximum Gasteiger partial charge on any atom is 0.416 e. The summed E-state index contributed by atoms with van der Waals surface area (Å²) in [5.74, 6) is 0.159. The molecule has 0 amide bonds. The first-order valence-corrected chi connectivity index (χ1v) is 6.36. The van der Waals surface area contributed by atoms with Gasteiger partial charge in [-0.15, -0.1) is 0 Å². The number of nitrogens with zero attached hydrogens (tertiary/aromatic N) is 2. The number of alkyl halides is 3. The SMILES string of the molecule is Nc1ncnc(Nc2cc(C(F)(F)F)ccc2Br)c1Cl. The van der Waals surface area contributed by atoms with Crippen molar-refractivity contribution in [1.82, 2.24) is 9.97 Å². The van der Waals surface area contributed by atoms with Crippen LogP contribution in [-0.2, 0) is 6.18 Å². The van der Waals surface area contributed by atoms with Crippen molar-refractivity contribution < 1.29 is 13.2 Å². The van der Waals surface area contributed by atoms with Crippen molar-refractivity contribution in [2.24, 2.45) is 0 Å². The molecule has 2 aromatic rings. The van der Waals surface area contributed by atoms with Crippen LogP contribution >= 0.6 is 27.5 Å². The van der Waals surface area contributed by atoms with Crippen LogP contribution in [0, 0.1) is 0 Å². The lowest BCUT2D eigenvalue weighted by molar-refractivity contribution is -0.137. The first-order valence-electron chi connectivity index (χ1n) is 5.19. The predicted molar refractivity (Wildman–Crippen MR) is 73.9 cm³/mol. The van der Waals surface area contributed by atoms with Crippen LogP contribution in [0.1, 0.15) is 5.56 Å². The van der Waals surface area contributed by atoms with Gasteiger partial charge < -0.3 is 11.1 Å². The monoisotopic (exact) mass is 366 g/mol. The molecule has 4 nitrogen and oxygen atoms in total. The first kappa shape index (κ1) is 14.9. The summed E-state index contributed by atoms with van der Waals surface area (Å²) in [4.78, 5) is 7.49. The molecule has 1 aromatic carbocycles. The van der Waals surface area contributed by atoms with Crippen LogP contribution in [0.15, 0.2) is 29.0 Å². The number of nitrogens with one attached hydrogen (secondary N) is 1. The van der Waals surface area contributed by atoms with Gasteiger partial charge in [0.2, 0.25) is 0 Å². The molecule has 3 N–H and O–H groups in total. The van der Waals surface area contributed by atoms with Crippen LogP contribution in [0.2, 0.25) is 5.02 Å². The van der Waals surface area contributed by atoms with Crippen molar-refractivity contribution in [2.75, 3.05) is 11.1 Å². The smallest absolute Gasteiger partial charge is 0.382 e. The van der Waals surface area contributed by atoms with Gasteiger partial charge in [-0.2, -0.15) is 13.2 Å². The highest BCUT2D eigenvalue weighted by Crippen LogP contribution is 2.36. The van der Waals surface area contributed by atoms with Crippen LogP contribution in [0.5, 0.6) is 0 Å². The van der Waals surface area contributed by atoms with E-state index in [1.165, 1.54) is 6.07 Å². The Morgan fingerprint density at radius 3 is 2.60 bits per heavy atom. The lowest BCUT2D eigenvalue weighted by Gasteiger charge is -2.13. The Labute approximate surface area is 125 Å². The van der Waals surface area contributed by atoms with Crippen molar-refractivity contribution in [1.29, 1.82) is 0 Å².